The monoisotopic (exact) mass is 431 g/mol. The minimum atomic E-state index is -0.184. The number of pyridine rings is 1. The Bertz CT molecular complexity index is 921. The quantitative estimate of drug-likeness (QED) is 0.401. The molecule has 1 aliphatic heterocycles. The van der Waals surface area contributed by atoms with Gasteiger partial charge in [0.25, 0.3) is 5.91 Å². The Hall–Kier alpha value is -2.36. The number of hydrogen-bond donors (Lipinski definition) is 3. The van der Waals surface area contributed by atoms with Crippen LogP contribution in [0.1, 0.15) is 20.8 Å². The SMILES string of the molecule is C=CCn1c(-c2cccnc2)nn(C[NH+]2CC[NH+](CC(=O)NC(C)(C)C)CC2)c1=S. The van der Waals surface area contributed by atoms with Crippen molar-refractivity contribution in [2.45, 2.75) is 39.5 Å². The van der Waals surface area contributed by atoms with Gasteiger partial charge in [-0.15, -0.1) is 11.7 Å². The third-order valence-corrected chi connectivity index (χ3v) is 5.55. The predicted octanol–water partition coefficient (Wildman–Crippen LogP) is -0.682. The third-order valence-electron chi connectivity index (χ3n) is 5.12. The van der Waals surface area contributed by atoms with Gasteiger partial charge >= 0.3 is 0 Å². The second-order valence-corrected chi connectivity index (χ2v) is 9.24. The van der Waals surface area contributed by atoms with Crippen LogP contribution in [0.2, 0.25) is 0 Å². The molecule has 0 saturated carbocycles. The first-order valence-corrected chi connectivity index (χ1v) is 10.8. The number of amides is 1. The van der Waals surface area contributed by atoms with Crippen LogP contribution in [-0.2, 0) is 18.0 Å². The Morgan fingerprint density at radius 3 is 2.60 bits per heavy atom. The van der Waals surface area contributed by atoms with Crippen molar-refractivity contribution < 1.29 is 14.6 Å². The van der Waals surface area contributed by atoms with Gasteiger partial charge in [0, 0.05) is 30.0 Å². The fourth-order valence-corrected chi connectivity index (χ4v) is 4.01. The van der Waals surface area contributed by atoms with Crippen molar-refractivity contribution in [1.82, 2.24) is 24.6 Å². The fraction of sp³-hybridized carbons (Fsp3) is 0.524. The zero-order valence-corrected chi connectivity index (χ0v) is 19.0. The van der Waals surface area contributed by atoms with E-state index in [1.54, 1.807) is 12.4 Å². The molecule has 3 rings (SSSR count). The summed E-state index contributed by atoms with van der Waals surface area (Å²) in [5, 5.41) is 7.85. The Kier molecular flexibility index (Phi) is 7.17. The van der Waals surface area contributed by atoms with Gasteiger partial charge in [0.05, 0.1) is 0 Å². The summed E-state index contributed by atoms with van der Waals surface area (Å²) in [6.45, 7) is 15.6. The number of quaternary nitrogens is 2. The normalized spacial score (nSPS) is 19.4. The lowest BCUT2D eigenvalue weighted by molar-refractivity contribution is -1.02. The first-order chi connectivity index (χ1) is 14.3. The molecule has 30 heavy (non-hydrogen) atoms. The molecule has 1 amide bonds. The van der Waals surface area contributed by atoms with E-state index in [0.29, 0.717) is 17.9 Å². The van der Waals surface area contributed by atoms with Crippen molar-refractivity contribution in [2.75, 3.05) is 32.7 Å². The van der Waals surface area contributed by atoms with E-state index in [1.807, 2.05) is 48.2 Å². The van der Waals surface area contributed by atoms with Crippen molar-refractivity contribution >= 4 is 18.1 Å². The van der Waals surface area contributed by atoms with Crippen LogP contribution in [0.25, 0.3) is 11.4 Å². The minimum Gasteiger partial charge on any atom is -0.347 e. The molecule has 0 spiro atoms. The number of carbonyl (C=O) groups is 1. The average molecular weight is 432 g/mol. The molecule has 1 fully saturated rings. The average Bonchev–Trinajstić information content (AvgIpc) is 2.99. The molecule has 0 radical (unpaired) electrons. The van der Waals surface area contributed by atoms with E-state index in [4.69, 9.17) is 17.3 Å². The highest BCUT2D eigenvalue weighted by molar-refractivity contribution is 7.71. The molecule has 0 atom stereocenters. The third kappa shape index (κ3) is 5.84. The Balaban J connectivity index is 1.63. The number of allylic oxidation sites excluding steroid dienone is 1. The van der Waals surface area contributed by atoms with Crippen molar-refractivity contribution in [3.63, 3.8) is 0 Å². The van der Waals surface area contributed by atoms with Gasteiger partial charge in [-0.2, -0.15) is 4.68 Å². The maximum atomic E-state index is 12.2. The van der Waals surface area contributed by atoms with Crippen molar-refractivity contribution in [3.05, 3.63) is 42.0 Å². The van der Waals surface area contributed by atoms with Crippen LogP contribution in [0.4, 0.5) is 0 Å². The molecular weight excluding hydrogens is 398 g/mol. The maximum Gasteiger partial charge on any atom is 0.275 e. The van der Waals surface area contributed by atoms with Gasteiger partial charge in [0.2, 0.25) is 4.77 Å². The number of hydrogen-bond acceptors (Lipinski definition) is 4. The second kappa shape index (κ2) is 9.63. The molecule has 3 heterocycles. The van der Waals surface area contributed by atoms with Crippen molar-refractivity contribution in [3.8, 4) is 11.4 Å². The van der Waals surface area contributed by atoms with E-state index in [2.05, 4.69) is 16.9 Å². The van der Waals surface area contributed by atoms with Crippen LogP contribution in [0.5, 0.6) is 0 Å². The molecule has 2 aromatic heterocycles. The zero-order chi connectivity index (χ0) is 21.7. The molecule has 8 nitrogen and oxygen atoms in total. The van der Waals surface area contributed by atoms with Crippen LogP contribution >= 0.6 is 12.2 Å². The summed E-state index contributed by atoms with van der Waals surface area (Å²) < 4.78 is 4.60. The number of piperazine rings is 1. The summed E-state index contributed by atoms with van der Waals surface area (Å²) in [4.78, 5) is 19.2. The smallest absolute Gasteiger partial charge is 0.275 e. The number of aromatic nitrogens is 4. The van der Waals surface area contributed by atoms with Gasteiger partial charge in [-0.25, -0.2) is 0 Å². The van der Waals surface area contributed by atoms with E-state index in [9.17, 15) is 4.79 Å². The van der Waals surface area contributed by atoms with Crippen LogP contribution in [0.15, 0.2) is 37.2 Å². The highest BCUT2D eigenvalue weighted by Gasteiger charge is 2.27. The molecular formula is C21H33N7OS+2. The van der Waals surface area contributed by atoms with E-state index in [-0.39, 0.29) is 11.4 Å². The van der Waals surface area contributed by atoms with Gasteiger partial charge in [-0.05, 0) is 45.1 Å². The molecule has 1 saturated heterocycles. The molecule has 0 aliphatic carbocycles. The first-order valence-electron chi connectivity index (χ1n) is 10.4. The number of rotatable bonds is 7. The van der Waals surface area contributed by atoms with E-state index < -0.39 is 0 Å². The highest BCUT2D eigenvalue weighted by Crippen LogP contribution is 2.16. The van der Waals surface area contributed by atoms with Gasteiger partial charge < -0.3 is 15.1 Å². The molecule has 9 heteroatoms. The van der Waals surface area contributed by atoms with Gasteiger partial charge in [-0.3, -0.25) is 14.3 Å². The van der Waals surface area contributed by atoms with E-state index in [0.717, 1.165) is 44.2 Å². The van der Waals surface area contributed by atoms with Crippen LogP contribution in [0, 0.1) is 4.77 Å². The largest absolute Gasteiger partial charge is 0.347 e. The summed E-state index contributed by atoms with van der Waals surface area (Å²) >= 11 is 5.70. The van der Waals surface area contributed by atoms with Crippen LogP contribution in [-0.4, -0.2) is 63.5 Å². The number of nitrogens with one attached hydrogen (secondary N) is 3. The van der Waals surface area contributed by atoms with Gasteiger partial charge in [0.15, 0.2) is 19.0 Å². The lowest BCUT2D eigenvalue weighted by Crippen LogP contribution is -3.28. The standard InChI is InChI=1S/C21H31N7OS/c1-5-9-27-19(17-7-6-8-22-14-17)24-28(20(27)30)16-26-12-10-25(11-13-26)15-18(29)23-21(2,3)4/h5-8,14H,1,9-13,15-16H2,2-4H3,(H,23,29)/p+2. The fourth-order valence-electron chi connectivity index (χ4n) is 3.74. The Morgan fingerprint density at radius 1 is 1.30 bits per heavy atom. The summed E-state index contributed by atoms with van der Waals surface area (Å²) in [7, 11) is 0. The number of nitrogens with zero attached hydrogens (tertiary/aromatic N) is 4. The van der Waals surface area contributed by atoms with Gasteiger partial charge in [0.1, 0.15) is 26.2 Å². The first kappa shape index (κ1) is 22.3. The Morgan fingerprint density at radius 2 is 2.00 bits per heavy atom. The maximum absolute atomic E-state index is 12.2. The van der Waals surface area contributed by atoms with E-state index in [1.165, 1.54) is 9.80 Å². The van der Waals surface area contributed by atoms with Crippen molar-refractivity contribution in [2.24, 2.45) is 0 Å². The molecule has 3 N–H and O–H groups in total. The summed E-state index contributed by atoms with van der Waals surface area (Å²) in [5.74, 6) is 0.933. The minimum absolute atomic E-state index is 0.118. The lowest BCUT2D eigenvalue weighted by atomic mass is 10.1. The summed E-state index contributed by atoms with van der Waals surface area (Å²) in [5.41, 5.74) is 0.759. The summed E-state index contributed by atoms with van der Waals surface area (Å²) in [6, 6.07) is 3.89. The Labute approximate surface area is 183 Å². The predicted molar refractivity (Wildman–Crippen MR) is 119 cm³/mol. The number of carbonyl (C=O) groups excluding carboxylic acids is 1. The molecule has 0 unspecified atom stereocenters. The summed E-state index contributed by atoms with van der Waals surface area (Å²) in [6.07, 6.45) is 5.39. The van der Waals surface area contributed by atoms with Crippen molar-refractivity contribution in [1.29, 1.82) is 0 Å². The second-order valence-electron chi connectivity index (χ2n) is 8.88. The topological polar surface area (TPSA) is 73.6 Å². The van der Waals surface area contributed by atoms with Crippen LogP contribution < -0.4 is 15.1 Å². The highest BCUT2D eigenvalue weighted by atomic mass is 32.1. The zero-order valence-electron chi connectivity index (χ0n) is 18.1. The molecule has 0 bridgehead atoms. The molecule has 0 aromatic carbocycles. The van der Waals surface area contributed by atoms with Crippen LogP contribution in [0.3, 0.4) is 0 Å². The molecule has 162 valence electrons. The van der Waals surface area contributed by atoms with Gasteiger partial charge in [-0.1, -0.05) is 6.08 Å². The lowest BCUT2D eigenvalue weighted by Gasteiger charge is -2.30. The van der Waals surface area contributed by atoms with E-state index >= 15 is 0 Å². The molecule has 1 aliphatic rings. The molecule has 2 aromatic rings.